The van der Waals surface area contributed by atoms with Crippen LogP contribution in [0.3, 0.4) is 0 Å². The van der Waals surface area contributed by atoms with Crippen LogP contribution in [0.15, 0.2) is 76.0 Å². The number of allylic oxidation sites excluding steroid dienone is 1. The maximum atomic E-state index is 10.9. The van der Waals surface area contributed by atoms with E-state index in [4.69, 9.17) is 20.9 Å². The number of hydrogen-bond acceptors (Lipinski definition) is 7. The van der Waals surface area contributed by atoms with Gasteiger partial charge in [0.2, 0.25) is 12.1 Å². The van der Waals surface area contributed by atoms with Crippen LogP contribution in [-0.2, 0) is 9.53 Å². The number of nitrogens with zero attached hydrogens (tertiary/aromatic N) is 3. The van der Waals surface area contributed by atoms with E-state index in [0.29, 0.717) is 17.3 Å². The molecule has 0 saturated heterocycles. The maximum Gasteiger partial charge on any atom is 0.255 e. The standard InChI is InChI=1S/C21H17N5O3/c22-10-15-17(12-6-8-14(9-7-12)28-11-16(23)27)18-21(29-19(15)24)26-20(25-18)13-4-2-1-3-5-13/h1-9,17,21H,11,24H2,(H2,23,27). The van der Waals surface area contributed by atoms with Crippen molar-refractivity contribution in [2.45, 2.75) is 12.1 Å². The van der Waals surface area contributed by atoms with Crippen LogP contribution in [0.2, 0.25) is 0 Å². The molecule has 0 fully saturated rings. The van der Waals surface area contributed by atoms with Gasteiger partial charge in [-0.15, -0.1) is 0 Å². The van der Waals surface area contributed by atoms with Gasteiger partial charge in [-0.1, -0.05) is 42.5 Å². The Balaban J connectivity index is 1.69. The molecule has 2 aromatic rings. The van der Waals surface area contributed by atoms with Crippen LogP contribution in [-0.4, -0.2) is 30.3 Å². The Morgan fingerprint density at radius 3 is 2.55 bits per heavy atom. The van der Waals surface area contributed by atoms with Crippen LogP contribution < -0.4 is 16.2 Å². The van der Waals surface area contributed by atoms with Crippen molar-refractivity contribution in [1.29, 1.82) is 5.26 Å². The third kappa shape index (κ3) is 3.53. The predicted molar refractivity (Wildman–Crippen MR) is 106 cm³/mol. The van der Waals surface area contributed by atoms with E-state index in [9.17, 15) is 10.1 Å². The lowest BCUT2D eigenvalue weighted by atomic mass is 9.85. The number of nitriles is 1. The predicted octanol–water partition coefficient (Wildman–Crippen LogP) is 1.59. The van der Waals surface area contributed by atoms with Crippen LogP contribution in [0.1, 0.15) is 17.0 Å². The molecule has 0 bridgehead atoms. The number of fused-ring (bicyclic) bond motifs is 1. The van der Waals surface area contributed by atoms with E-state index >= 15 is 0 Å². The van der Waals surface area contributed by atoms with Gasteiger partial charge in [0, 0.05) is 5.56 Å². The van der Waals surface area contributed by atoms with E-state index < -0.39 is 18.1 Å². The fraction of sp³-hybridized carbons (Fsp3) is 0.143. The Labute approximate surface area is 166 Å². The largest absolute Gasteiger partial charge is 0.484 e. The van der Waals surface area contributed by atoms with Crippen molar-refractivity contribution in [2.24, 2.45) is 21.5 Å². The van der Waals surface area contributed by atoms with Crippen molar-refractivity contribution < 1.29 is 14.3 Å². The molecule has 0 saturated carbocycles. The van der Waals surface area contributed by atoms with Crippen molar-refractivity contribution in [3.05, 3.63) is 77.2 Å². The fourth-order valence-corrected chi connectivity index (χ4v) is 3.25. The molecule has 29 heavy (non-hydrogen) atoms. The summed E-state index contributed by atoms with van der Waals surface area (Å²) in [6, 6.07) is 18.6. The van der Waals surface area contributed by atoms with E-state index in [0.717, 1.165) is 11.1 Å². The molecule has 0 aromatic heterocycles. The van der Waals surface area contributed by atoms with Crippen molar-refractivity contribution in [3.8, 4) is 11.8 Å². The number of rotatable bonds is 5. The maximum absolute atomic E-state index is 10.9. The highest BCUT2D eigenvalue weighted by molar-refractivity contribution is 6.15. The minimum atomic E-state index is -0.682. The van der Waals surface area contributed by atoms with Gasteiger partial charge >= 0.3 is 0 Å². The Morgan fingerprint density at radius 1 is 1.17 bits per heavy atom. The normalized spacial score (nSPS) is 20.1. The summed E-state index contributed by atoms with van der Waals surface area (Å²) in [6.07, 6.45) is -0.682. The molecule has 4 N–H and O–H groups in total. The number of ether oxygens (including phenoxy) is 2. The molecular formula is C21H17N5O3. The molecule has 4 rings (SSSR count). The van der Waals surface area contributed by atoms with E-state index in [-0.39, 0.29) is 18.1 Å². The quantitative estimate of drug-likeness (QED) is 0.803. The summed E-state index contributed by atoms with van der Waals surface area (Å²) in [4.78, 5) is 20.1. The number of amides is 1. The summed E-state index contributed by atoms with van der Waals surface area (Å²) in [5, 5.41) is 9.66. The number of nitrogens with two attached hydrogens (primary N) is 2. The first-order valence-electron chi connectivity index (χ1n) is 8.86. The van der Waals surface area contributed by atoms with Crippen molar-refractivity contribution in [3.63, 3.8) is 0 Å². The molecule has 2 aliphatic rings. The van der Waals surface area contributed by atoms with E-state index in [1.54, 1.807) is 24.3 Å². The van der Waals surface area contributed by atoms with Gasteiger partial charge in [0.25, 0.3) is 5.91 Å². The van der Waals surface area contributed by atoms with Crippen LogP contribution in [0.5, 0.6) is 5.75 Å². The molecule has 2 aliphatic heterocycles. The second-order valence-corrected chi connectivity index (χ2v) is 6.47. The second-order valence-electron chi connectivity index (χ2n) is 6.47. The summed E-state index contributed by atoms with van der Waals surface area (Å²) in [6.45, 7) is -0.212. The zero-order chi connectivity index (χ0) is 20.4. The number of carbonyl (C=O) groups is 1. The molecule has 0 radical (unpaired) electrons. The molecular weight excluding hydrogens is 370 g/mol. The number of primary amides is 1. The third-order valence-corrected chi connectivity index (χ3v) is 4.56. The first-order chi connectivity index (χ1) is 14.1. The van der Waals surface area contributed by atoms with Gasteiger partial charge in [0.05, 0.1) is 11.6 Å². The first-order valence-corrected chi connectivity index (χ1v) is 8.86. The van der Waals surface area contributed by atoms with Crippen LogP contribution in [0.25, 0.3) is 0 Å². The average molecular weight is 387 g/mol. The van der Waals surface area contributed by atoms with Crippen LogP contribution in [0.4, 0.5) is 0 Å². The Bertz CT molecular complexity index is 1080. The topological polar surface area (TPSA) is 136 Å². The van der Waals surface area contributed by atoms with Crippen molar-refractivity contribution in [2.75, 3.05) is 6.61 Å². The highest BCUT2D eigenvalue weighted by atomic mass is 16.5. The highest BCUT2D eigenvalue weighted by Crippen LogP contribution is 2.37. The van der Waals surface area contributed by atoms with E-state index in [1.807, 2.05) is 30.3 Å². The molecule has 8 nitrogen and oxygen atoms in total. The summed E-state index contributed by atoms with van der Waals surface area (Å²) in [5.74, 6) is 0.00222. The SMILES string of the molecule is N#CC1=C(N)OC2N=C(c3ccccc3)N=C2C1c1ccc(OCC(N)=O)cc1. The molecule has 8 heteroatoms. The zero-order valence-corrected chi connectivity index (χ0v) is 15.3. The third-order valence-electron chi connectivity index (χ3n) is 4.56. The number of aliphatic imine (C=N–C) groups is 2. The van der Waals surface area contributed by atoms with Crippen LogP contribution >= 0.6 is 0 Å². The summed E-state index contributed by atoms with van der Waals surface area (Å²) in [5.41, 5.74) is 13.6. The minimum absolute atomic E-state index is 0.0357. The lowest BCUT2D eigenvalue weighted by Gasteiger charge is -2.27. The lowest BCUT2D eigenvalue weighted by Crippen LogP contribution is -2.34. The zero-order valence-electron chi connectivity index (χ0n) is 15.3. The smallest absolute Gasteiger partial charge is 0.255 e. The molecule has 2 heterocycles. The van der Waals surface area contributed by atoms with Gasteiger partial charge in [-0.25, -0.2) is 9.98 Å². The average Bonchev–Trinajstić information content (AvgIpc) is 3.16. The summed E-state index contributed by atoms with van der Waals surface area (Å²) < 4.78 is 10.9. The molecule has 0 aliphatic carbocycles. The number of hydrogen-bond donors (Lipinski definition) is 2. The van der Waals surface area contributed by atoms with Crippen molar-refractivity contribution in [1.82, 2.24) is 0 Å². The number of benzene rings is 2. The Kier molecular flexibility index (Phi) is 4.71. The van der Waals surface area contributed by atoms with Gasteiger partial charge < -0.3 is 20.9 Å². The summed E-state index contributed by atoms with van der Waals surface area (Å²) in [7, 11) is 0. The molecule has 2 unspecified atom stereocenters. The number of carbonyl (C=O) groups excluding carboxylic acids is 1. The first kappa shape index (κ1) is 18.3. The number of amidine groups is 1. The molecule has 144 valence electrons. The second kappa shape index (κ2) is 7.48. The van der Waals surface area contributed by atoms with E-state index in [1.165, 1.54) is 0 Å². The van der Waals surface area contributed by atoms with Gasteiger partial charge in [-0.3, -0.25) is 4.79 Å². The lowest BCUT2D eigenvalue weighted by molar-refractivity contribution is -0.119. The molecule has 1 amide bonds. The fourth-order valence-electron chi connectivity index (χ4n) is 3.25. The van der Waals surface area contributed by atoms with Gasteiger partial charge in [-0.05, 0) is 17.7 Å². The molecule has 2 atom stereocenters. The molecule has 2 aromatic carbocycles. The van der Waals surface area contributed by atoms with Crippen LogP contribution in [0, 0.1) is 11.3 Å². The monoisotopic (exact) mass is 387 g/mol. The minimum Gasteiger partial charge on any atom is -0.484 e. The molecule has 0 spiro atoms. The highest BCUT2D eigenvalue weighted by Gasteiger charge is 2.40. The Morgan fingerprint density at radius 2 is 1.90 bits per heavy atom. The Hall–Kier alpha value is -4.12. The van der Waals surface area contributed by atoms with Gasteiger partial charge in [0.15, 0.2) is 12.4 Å². The summed E-state index contributed by atoms with van der Waals surface area (Å²) >= 11 is 0. The van der Waals surface area contributed by atoms with Gasteiger partial charge in [-0.2, -0.15) is 5.26 Å². The van der Waals surface area contributed by atoms with E-state index in [2.05, 4.69) is 16.1 Å². The van der Waals surface area contributed by atoms with Crippen molar-refractivity contribution >= 4 is 17.5 Å². The van der Waals surface area contributed by atoms with Gasteiger partial charge in [0.1, 0.15) is 17.4 Å².